The zero-order valence-corrected chi connectivity index (χ0v) is 26.9. The molecular weight excluding hydrogens is 539 g/mol. The second-order valence-electron chi connectivity index (χ2n) is 11.7. The lowest BCUT2D eigenvalue weighted by atomic mass is 9.71. The lowest BCUT2D eigenvalue weighted by molar-refractivity contribution is 0.0652. The number of hydrogen-bond donors (Lipinski definition) is 0. The van der Waals surface area contributed by atoms with E-state index >= 15 is 0 Å². The van der Waals surface area contributed by atoms with Gasteiger partial charge in [0.05, 0.1) is 16.0 Å². The monoisotopic (exact) mass is 581 g/mol. The summed E-state index contributed by atoms with van der Waals surface area (Å²) in [4.78, 5) is 36.4. The molecule has 39 heavy (non-hydrogen) atoms. The third-order valence-electron chi connectivity index (χ3n) is 8.54. The summed E-state index contributed by atoms with van der Waals surface area (Å²) >= 11 is 5.56. The van der Waals surface area contributed by atoms with Gasteiger partial charge < -0.3 is 0 Å². The van der Waals surface area contributed by atoms with Gasteiger partial charge in [-0.2, -0.15) is 0 Å². The SMILES string of the molecule is CCCCN1C(=O)c2c(CCC)sc(-c3cc4c(s3)-c3sc(C(C)C)cc3C4(CCCC)CCCC)c2C1=O. The van der Waals surface area contributed by atoms with Gasteiger partial charge in [0.2, 0.25) is 0 Å². The van der Waals surface area contributed by atoms with E-state index in [0.29, 0.717) is 23.6 Å². The highest BCUT2D eigenvalue weighted by atomic mass is 32.1. The molecule has 0 unspecified atom stereocenters. The van der Waals surface area contributed by atoms with E-state index in [2.05, 4.69) is 53.7 Å². The van der Waals surface area contributed by atoms with Crippen molar-refractivity contribution in [2.75, 3.05) is 6.54 Å². The molecule has 0 spiro atoms. The lowest BCUT2D eigenvalue weighted by Gasteiger charge is -2.31. The number of amides is 2. The van der Waals surface area contributed by atoms with Crippen LogP contribution < -0.4 is 0 Å². The predicted octanol–water partition coefficient (Wildman–Crippen LogP) is 10.7. The summed E-state index contributed by atoms with van der Waals surface area (Å²) in [5, 5.41) is 0. The van der Waals surface area contributed by atoms with Crippen molar-refractivity contribution in [1.29, 1.82) is 0 Å². The third-order valence-corrected chi connectivity index (χ3v) is 12.7. The van der Waals surface area contributed by atoms with Crippen molar-refractivity contribution >= 4 is 45.8 Å². The average molecular weight is 582 g/mol. The molecule has 0 saturated carbocycles. The van der Waals surface area contributed by atoms with Crippen LogP contribution in [-0.2, 0) is 11.8 Å². The Labute approximate surface area is 246 Å². The van der Waals surface area contributed by atoms with Crippen LogP contribution in [0.5, 0.6) is 0 Å². The number of fused-ring (bicyclic) bond motifs is 4. The van der Waals surface area contributed by atoms with Crippen LogP contribution in [0.3, 0.4) is 0 Å². The largest absolute Gasteiger partial charge is 0.274 e. The molecule has 0 atom stereocenters. The van der Waals surface area contributed by atoms with Crippen LogP contribution in [0, 0.1) is 0 Å². The molecule has 2 aliphatic rings. The summed E-state index contributed by atoms with van der Waals surface area (Å²) in [7, 11) is 0. The van der Waals surface area contributed by atoms with E-state index in [4.69, 9.17) is 0 Å². The van der Waals surface area contributed by atoms with Gasteiger partial charge in [-0.15, -0.1) is 34.0 Å². The zero-order valence-electron chi connectivity index (χ0n) is 24.5. The Bertz CT molecular complexity index is 1360. The van der Waals surface area contributed by atoms with Crippen molar-refractivity contribution < 1.29 is 9.59 Å². The summed E-state index contributed by atoms with van der Waals surface area (Å²) in [6.45, 7) is 14.0. The Hall–Kier alpha value is -1.76. The molecule has 5 rings (SSSR count). The summed E-state index contributed by atoms with van der Waals surface area (Å²) in [5.74, 6) is 0.377. The molecule has 4 heterocycles. The predicted molar refractivity (Wildman–Crippen MR) is 169 cm³/mol. The quantitative estimate of drug-likeness (QED) is 0.188. The number of unbranched alkanes of at least 4 members (excludes halogenated alkanes) is 3. The van der Waals surface area contributed by atoms with Crippen molar-refractivity contribution in [1.82, 2.24) is 4.90 Å². The fraction of sp³-hybridized carbons (Fsp3) is 0.576. The van der Waals surface area contributed by atoms with E-state index in [-0.39, 0.29) is 17.2 Å². The van der Waals surface area contributed by atoms with Crippen molar-refractivity contribution in [3.8, 4) is 19.5 Å². The zero-order chi connectivity index (χ0) is 27.9. The van der Waals surface area contributed by atoms with Gasteiger partial charge in [0.25, 0.3) is 11.8 Å². The number of thiophene rings is 3. The van der Waals surface area contributed by atoms with Crippen LogP contribution in [0.4, 0.5) is 0 Å². The summed E-state index contributed by atoms with van der Waals surface area (Å²) < 4.78 is 0. The first-order valence-electron chi connectivity index (χ1n) is 15.1. The van der Waals surface area contributed by atoms with E-state index in [1.807, 2.05) is 22.7 Å². The van der Waals surface area contributed by atoms with Crippen molar-refractivity contribution in [3.63, 3.8) is 0 Å². The fourth-order valence-corrected chi connectivity index (χ4v) is 10.5. The molecule has 3 nitrogen and oxygen atoms in total. The molecule has 0 radical (unpaired) electrons. The van der Waals surface area contributed by atoms with Crippen LogP contribution >= 0.6 is 34.0 Å². The highest BCUT2D eigenvalue weighted by Gasteiger charge is 2.47. The molecule has 0 saturated heterocycles. The number of nitrogens with zero attached hydrogens (tertiary/aromatic N) is 1. The molecule has 1 aliphatic carbocycles. The molecular formula is C33H43NO2S3. The van der Waals surface area contributed by atoms with E-state index in [0.717, 1.165) is 35.4 Å². The van der Waals surface area contributed by atoms with Gasteiger partial charge in [0, 0.05) is 36.3 Å². The van der Waals surface area contributed by atoms with Gasteiger partial charge in [-0.25, -0.2) is 0 Å². The number of imide groups is 1. The first-order valence-corrected chi connectivity index (χ1v) is 17.6. The van der Waals surface area contributed by atoms with Crippen LogP contribution in [0.25, 0.3) is 19.5 Å². The Morgan fingerprint density at radius 1 is 0.744 bits per heavy atom. The molecule has 210 valence electrons. The maximum atomic E-state index is 13.7. The van der Waals surface area contributed by atoms with Gasteiger partial charge in [-0.1, -0.05) is 80.1 Å². The number of aryl methyl sites for hydroxylation is 1. The summed E-state index contributed by atoms with van der Waals surface area (Å²) in [6.07, 6.45) is 10.8. The molecule has 3 aromatic heterocycles. The second kappa shape index (κ2) is 11.6. The third kappa shape index (κ3) is 4.68. The van der Waals surface area contributed by atoms with Crippen LogP contribution in [0.15, 0.2) is 12.1 Å². The minimum absolute atomic E-state index is 0.0642. The topological polar surface area (TPSA) is 37.4 Å². The van der Waals surface area contributed by atoms with Crippen LogP contribution in [0.2, 0.25) is 0 Å². The summed E-state index contributed by atoms with van der Waals surface area (Å²) in [5.41, 5.74) is 4.50. The minimum atomic E-state index is -0.0762. The summed E-state index contributed by atoms with van der Waals surface area (Å²) in [6, 6.07) is 4.96. The highest BCUT2D eigenvalue weighted by molar-refractivity contribution is 7.27. The Morgan fingerprint density at radius 3 is 1.97 bits per heavy atom. The Kier molecular flexibility index (Phi) is 8.57. The second-order valence-corrected chi connectivity index (χ2v) is 14.9. The van der Waals surface area contributed by atoms with Crippen molar-refractivity contribution in [3.05, 3.63) is 44.1 Å². The van der Waals surface area contributed by atoms with E-state index in [1.165, 1.54) is 68.5 Å². The van der Waals surface area contributed by atoms with E-state index in [1.54, 1.807) is 16.9 Å². The number of hydrogen-bond acceptors (Lipinski definition) is 5. The molecule has 2 amide bonds. The molecule has 6 heteroatoms. The standard InChI is InChI=1S/C33H43NO2S3/c1-7-11-15-33(16-12-8-2)21-18-24(20(5)6)38-28(21)29-22(33)19-25(39-29)30-27-26(23(37-30)14-10-4)31(35)34(32(27)36)17-13-9-3/h18-20H,7-17H2,1-6H3. The fourth-order valence-electron chi connectivity index (χ4n) is 6.38. The van der Waals surface area contributed by atoms with Crippen LogP contribution in [0.1, 0.15) is 147 Å². The van der Waals surface area contributed by atoms with Gasteiger partial charge in [-0.3, -0.25) is 14.5 Å². The maximum absolute atomic E-state index is 13.7. The molecule has 3 aromatic rings. The van der Waals surface area contributed by atoms with Crippen LogP contribution in [-0.4, -0.2) is 23.3 Å². The van der Waals surface area contributed by atoms with E-state index in [9.17, 15) is 9.59 Å². The molecule has 0 fully saturated rings. The molecule has 1 aliphatic heterocycles. The highest BCUT2D eigenvalue weighted by Crippen LogP contribution is 2.61. The Balaban J connectivity index is 1.68. The van der Waals surface area contributed by atoms with Crippen molar-refractivity contribution in [2.24, 2.45) is 0 Å². The molecule has 0 N–H and O–H groups in total. The lowest BCUT2D eigenvalue weighted by Crippen LogP contribution is -2.31. The molecule has 0 bridgehead atoms. The van der Waals surface area contributed by atoms with E-state index < -0.39 is 0 Å². The van der Waals surface area contributed by atoms with Gasteiger partial charge in [0.15, 0.2) is 0 Å². The number of carbonyl (C=O) groups excluding carboxylic acids is 2. The number of carbonyl (C=O) groups is 2. The smallest absolute Gasteiger partial charge is 0.263 e. The molecule has 0 aromatic carbocycles. The van der Waals surface area contributed by atoms with Crippen molar-refractivity contribution in [2.45, 2.75) is 117 Å². The Morgan fingerprint density at radius 2 is 1.36 bits per heavy atom. The minimum Gasteiger partial charge on any atom is -0.274 e. The normalized spacial score (nSPS) is 15.5. The number of rotatable bonds is 13. The van der Waals surface area contributed by atoms with Gasteiger partial charge in [-0.05, 0) is 54.9 Å². The van der Waals surface area contributed by atoms with Gasteiger partial charge in [0.1, 0.15) is 0 Å². The first-order chi connectivity index (χ1) is 18.8. The maximum Gasteiger partial charge on any atom is 0.263 e. The first kappa shape index (κ1) is 28.8. The van der Waals surface area contributed by atoms with Gasteiger partial charge >= 0.3 is 0 Å². The average Bonchev–Trinajstić information content (AvgIpc) is 3.70.